The highest BCUT2D eigenvalue weighted by Crippen LogP contribution is 2.17. The minimum Gasteiger partial charge on any atom is -0.494 e. The van der Waals surface area contributed by atoms with Crippen molar-refractivity contribution in [3.63, 3.8) is 0 Å². The van der Waals surface area contributed by atoms with Crippen LogP contribution in [-0.2, 0) is 4.79 Å². The van der Waals surface area contributed by atoms with E-state index >= 15 is 0 Å². The van der Waals surface area contributed by atoms with Gasteiger partial charge in [-0.1, -0.05) is 0 Å². The molecule has 3 rings (SSSR count). The molecular weight excluding hydrogens is 288 g/mol. The van der Waals surface area contributed by atoms with Crippen LogP contribution in [0.4, 0.5) is 0 Å². The van der Waals surface area contributed by atoms with E-state index in [0.717, 1.165) is 42.6 Å². The van der Waals surface area contributed by atoms with E-state index in [-0.39, 0.29) is 12.3 Å². The van der Waals surface area contributed by atoms with Gasteiger partial charge in [-0.3, -0.25) is 9.79 Å². The lowest BCUT2D eigenvalue weighted by Crippen LogP contribution is -2.28. The van der Waals surface area contributed by atoms with Crippen molar-refractivity contribution in [3.05, 3.63) is 42.0 Å². The summed E-state index contributed by atoms with van der Waals surface area (Å²) in [6.45, 7) is 5.66. The van der Waals surface area contributed by atoms with Crippen molar-refractivity contribution in [1.29, 1.82) is 0 Å². The molecule has 2 aliphatic rings. The van der Waals surface area contributed by atoms with Gasteiger partial charge in [0.25, 0.3) is 0 Å². The average molecular weight is 312 g/mol. The number of ether oxygens (including phenoxy) is 1. The van der Waals surface area contributed by atoms with Crippen LogP contribution in [-0.4, -0.2) is 48.7 Å². The van der Waals surface area contributed by atoms with Crippen LogP contribution in [0.1, 0.15) is 31.7 Å². The van der Waals surface area contributed by atoms with Crippen molar-refractivity contribution in [2.24, 2.45) is 4.99 Å². The number of ketones is 1. The summed E-state index contributed by atoms with van der Waals surface area (Å²) in [6, 6.07) is 8.67. The first-order valence-corrected chi connectivity index (χ1v) is 8.45. The number of hydrogen-bond acceptors (Lipinski definition) is 4. The van der Waals surface area contributed by atoms with Crippen molar-refractivity contribution >= 4 is 11.5 Å². The Morgan fingerprint density at radius 2 is 2.09 bits per heavy atom. The summed E-state index contributed by atoms with van der Waals surface area (Å²) in [6.07, 6.45) is 7.08. The molecule has 2 aliphatic heterocycles. The summed E-state index contributed by atoms with van der Waals surface area (Å²) in [4.78, 5) is 18.0. The van der Waals surface area contributed by atoms with E-state index in [1.807, 2.05) is 24.3 Å². The van der Waals surface area contributed by atoms with Crippen molar-refractivity contribution in [1.82, 2.24) is 4.90 Å². The highest BCUT2D eigenvalue weighted by molar-refractivity contribution is 6.14. The van der Waals surface area contributed by atoms with Crippen molar-refractivity contribution in [2.75, 3.05) is 26.2 Å². The third-order valence-electron chi connectivity index (χ3n) is 4.53. The zero-order valence-corrected chi connectivity index (χ0v) is 13.7. The van der Waals surface area contributed by atoms with Crippen LogP contribution in [0.5, 0.6) is 5.75 Å². The molecule has 1 saturated heterocycles. The first-order chi connectivity index (χ1) is 11.2. The van der Waals surface area contributed by atoms with Crippen LogP contribution < -0.4 is 4.74 Å². The number of hydrogen-bond donors (Lipinski definition) is 0. The topological polar surface area (TPSA) is 41.9 Å². The second-order valence-electron chi connectivity index (χ2n) is 6.25. The molecule has 0 amide bonds. The predicted octanol–water partition coefficient (Wildman–Crippen LogP) is 2.87. The highest BCUT2D eigenvalue weighted by atomic mass is 16.5. The molecule has 0 aromatic heterocycles. The van der Waals surface area contributed by atoms with Gasteiger partial charge in [0.2, 0.25) is 0 Å². The second kappa shape index (κ2) is 7.55. The smallest absolute Gasteiger partial charge is 0.177 e. The molecule has 0 bridgehead atoms. The molecule has 0 radical (unpaired) electrons. The van der Waals surface area contributed by atoms with Crippen LogP contribution in [0.3, 0.4) is 0 Å². The van der Waals surface area contributed by atoms with Crippen molar-refractivity contribution in [2.45, 2.75) is 32.2 Å². The molecule has 0 N–H and O–H groups in total. The maximum absolute atomic E-state index is 11.1. The van der Waals surface area contributed by atoms with Gasteiger partial charge in [-0.05, 0) is 74.7 Å². The molecule has 0 unspecified atom stereocenters. The number of carbonyl (C=O) groups is 1. The zero-order valence-electron chi connectivity index (χ0n) is 13.7. The lowest BCUT2D eigenvalue weighted by atomic mass is 10.1. The van der Waals surface area contributed by atoms with Gasteiger partial charge in [-0.2, -0.15) is 0 Å². The third kappa shape index (κ3) is 4.29. The second-order valence-corrected chi connectivity index (χ2v) is 6.25. The monoisotopic (exact) mass is 312 g/mol. The SMILES string of the molecule is C[C@@H]1CCCN1CCCOc1ccc(C2=NCC(=O)C=C2)cc1. The lowest BCUT2D eigenvalue weighted by Gasteiger charge is -2.20. The highest BCUT2D eigenvalue weighted by Gasteiger charge is 2.19. The van der Waals surface area contributed by atoms with Gasteiger partial charge < -0.3 is 9.64 Å². The minimum absolute atomic E-state index is 0.0565. The molecule has 4 heteroatoms. The Hall–Kier alpha value is -1.94. The van der Waals surface area contributed by atoms with Gasteiger partial charge in [0, 0.05) is 12.6 Å². The lowest BCUT2D eigenvalue weighted by molar-refractivity contribution is -0.113. The fourth-order valence-electron chi connectivity index (χ4n) is 3.13. The standard InChI is InChI=1S/C19H24N2O2/c1-15-4-2-11-21(15)12-3-13-23-18-8-5-16(6-9-18)19-10-7-17(22)14-20-19/h5-10,15H,2-4,11-14H2,1H3/t15-/m1/s1. The zero-order chi connectivity index (χ0) is 16.1. The maximum atomic E-state index is 11.1. The molecule has 122 valence electrons. The average Bonchev–Trinajstić information content (AvgIpc) is 2.98. The summed E-state index contributed by atoms with van der Waals surface area (Å²) in [5, 5.41) is 0. The van der Waals surface area contributed by atoms with Crippen molar-refractivity contribution < 1.29 is 9.53 Å². The summed E-state index contributed by atoms with van der Waals surface area (Å²) in [5.74, 6) is 0.945. The number of allylic oxidation sites excluding steroid dienone is 1. The summed E-state index contributed by atoms with van der Waals surface area (Å²) in [7, 11) is 0. The maximum Gasteiger partial charge on any atom is 0.177 e. The molecular formula is C19H24N2O2. The quantitative estimate of drug-likeness (QED) is 0.759. The van der Waals surface area contributed by atoms with E-state index in [2.05, 4.69) is 16.8 Å². The summed E-state index contributed by atoms with van der Waals surface area (Å²) < 4.78 is 5.82. The Morgan fingerprint density at radius 3 is 2.74 bits per heavy atom. The van der Waals surface area contributed by atoms with Crippen molar-refractivity contribution in [3.8, 4) is 5.75 Å². The van der Waals surface area contributed by atoms with Gasteiger partial charge in [0.1, 0.15) is 12.3 Å². The number of rotatable bonds is 6. The summed E-state index contributed by atoms with van der Waals surface area (Å²) >= 11 is 0. The molecule has 0 aliphatic carbocycles. The van der Waals surface area contributed by atoms with Gasteiger partial charge in [0.15, 0.2) is 5.78 Å². The van der Waals surface area contributed by atoms with Gasteiger partial charge in [0.05, 0.1) is 12.3 Å². The summed E-state index contributed by atoms with van der Waals surface area (Å²) in [5.41, 5.74) is 1.88. The van der Waals surface area contributed by atoms with E-state index in [1.165, 1.54) is 19.4 Å². The van der Waals surface area contributed by atoms with Crippen LogP contribution in [0.2, 0.25) is 0 Å². The van der Waals surface area contributed by atoms with Crippen LogP contribution in [0.25, 0.3) is 0 Å². The largest absolute Gasteiger partial charge is 0.494 e. The van der Waals surface area contributed by atoms with Crippen LogP contribution in [0.15, 0.2) is 41.4 Å². The Kier molecular flexibility index (Phi) is 5.23. The molecule has 1 aromatic carbocycles. The molecule has 23 heavy (non-hydrogen) atoms. The Morgan fingerprint density at radius 1 is 1.26 bits per heavy atom. The first-order valence-electron chi connectivity index (χ1n) is 8.45. The number of nitrogens with zero attached hydrogens (tertiary/aromatic N) is 2. The van der Waals surface area contributed by atoms with E-state index in [0.29, 0.717) is 0 Å². The van der Waals surface area contributed by atoms with E-state index in [9.17, 15) is 4.79 Å². The number of aliphatic imine (C=N–C) groups is 1. The normalized spacial score (nSPS) is 21.5. The third-order valence-corrected chi connectivity index (χ3v) is 4.53. The Labute approximate surface area is 137 Å². The van der Waals surface area contributed by atoms with E-state index in [1.54, 1.807) is 12.2 Å². The predicted molar refractivity (Wildman–Crippen MR) is 92.4 cm³/mol. The van der Waals surface area contributed by atoms with E-state index < -0.39 is 0 Å². The Bertz CT molecular complexity index is 604. The first kappa shape index (κ1) is 15.9. The minimum atomic E-state index is 0.0565. The molecule has 1 atom stereocenters. The molecule has 4 nitrogen and oxygen atoms in total. The molecule has 0 spiro atoms. The fraction of sp³-hybridized carbons (Fsp3) is 0.474. The molecule has 2 heterocycles. The van der Waals surface area contributed by atoms with Crippen LogP contribution >= 0.6 is 0 Å². The molecule has 0 saturated carbocycles. The van der Waals surface area contributed by atoms with E-state index in [4.69, 9.17) is 4.74 Å². The fourth-order valence-corrected chi connectivity index (χ4v) is 3.13. The molecule has 1 aromatic rings. The number of carbonyl (C=O) groups excluding carboxylic acids is 1. The van der Waals surface area contributed by atoms with Gasteiger partial charge in [-0.15, -0.1) is 0 Å². The molecule has 1 fully saturated rings. The van der Waals surface area contributed by atoms with Gasteiger partial charge in [-0.25, -0.2) is 0 Å². The van der Waals surface area contributed by atoms with Crippen LogP contribution in [0, 0.1) is 0 Å². The van der Waals surface area contributed by atoms with Gasteiger partial charge >= 0.3 is 0 Å². The number of likely N-dealkylation sites (tertiary alicyclic amines) is 1. The number of benzene rings is 1. The number of dihydropyridines is 1. The Balaban J connectivity index is 1.44.